The number of fused-ring (bicyclic) bond motifs is 2. The van der Waals surface area contributed by atoms with Crippen LogP contribution in [0.4, 0.5) is 8.78 Å². The molecule has 0 bridgehead atoms. The van der Waals surface area contributed by atoms with Crippen LogP contribution in [0.15, 0.2) is 48.5 Å². The Kier molecular flexibility index (Phi) is 3.66. The molecule has 0 saturated carbocycles. The van der Waals surface area contributed by atoms with Crippen LogP contribution in [0.5, 0.6) is 0 Å². The second-order valence-electron chi connectivity index (χ2n) is 7.18. The van der Waals surface area contributed by atoms with Crippen molar-refractivity contribution in [2.24, 2.45) is 0 Å². The first-order chi connectivity index (χ1) is 13.5. The topological polar surface area (TPSA) is 26.3 Å². The van der Waals surface area contributed by atoms with Crippen LogP contribution in [-0.4, -0.2) is 12.6 Å². The van der Waals surface area contributed by atoms with Gasteiger partial charge in [0.15, 0.2) is 0 Å². The quantitative estimate of drug-likeness (QED) is 0.277. The van der Waals surface area contributed by atoms with E-state index >= 15 is 0 Å². The standard InChI is InChI=1S/C24H18F2O2/c1-2-28-23(27)24(25,26)20-13-12-18-16-9-4-7-14-6-3-8-15(21(14)16)17-10-5-11-19(20)22(17)18/h3,5-6,8-13H,2,4,7H2,1H3. The molecule has 0 unspecified atom stereocenters. The Bertz CT molecular complexity index is 1320. The van der Waals surface area contributed by atoms with Gasteiger partial charge in [0, 0.05) is 5.56 Å². The summed E-state index contributed by atoms with van der Waals surface area (Å²) in [5.74, 6) is -5.21. The van der Waals surface area contributed by atoms with E-state index in [2.05, 4.69) is 16.9 Å². The van der Waals surface area contributed by atoms with Crippen molar-refractivity contribution in [3.8, 4) is 0 Å². The van der Waals surface area contributed by atoms with Crippen LogP contribution < -0.4 is 5.22 Å². The summed E-state index contributed by atoms with van der Waals surface area (Å²) in [4.78, 5) is 12.0. The number of benzene rings is 4. The Morgan fingerprint density at radius 2 is 1.68 bits per heavy atom. The van der Waals surface area contributed by atoms with E-state index in [1.807, 2.05) is 18.2 Å². The highest BCUT2D eigenvalue weighted by Crippen LogP contribution is 2.40. The van der Waals surface area contributed by atoms with Crippen LogP contribution >= 0.6 is 0 Å². The van der Waals surface area contributed by atoms with E-state index in [0.29, 0.717) is 5.39 Å². The lowest BCUT2D eigenvalue weighted by Crippen LogP contribution is -2.28. The van der Waals surface area contributed by atoms with Crippen LogP contribution in [0.1, 0.15) is 24.5 Å². The Morgan fingerprint density at radius 1 is 0.964 bits per heavy atom. The maximum absolute atomic E-state index is 14.9. The Labute approximate surface area is 160 Å². The average molecular weight is 376 g/mol. The molecule has 0 fully saturated rings. The first kappa shape index (κ1) is 17.1. The summed E-state index contributed by atoms with van der Waals surface area (Å²) in [7, 11) is 0. The Balaban J connectivity index is 1.95. The van der Waals surface area contributed by atoms with Crippen molar-refractivity contribution in [2.75, 3.05) is 6.61 Å². The number of rotatable bonds is 3. The average Bonchev–Trinajstić information content (AvgIpc) is 2.71. The molecule has 0 atom stereocenters. The number of carbonyl (C=O) groups is 1. The number of hydrogen-bond donors (Lipinski definition) is 0. The molecule has 0 aromatic heterocycles. The molecule has 0 amide bonds. The van der Waals surface area contributed by atoms with Crippen molar-refractivity contribution in [1.29, 1.82) is 0 Å². The fraction of sp³-hybridized carbons (Fsp3) is 0.208. The summed E-state index contributed by atoms with van der Waals surface area (Å²) in [5, 5.41) is 6.44. The van der Waals surface area contributed by atoms with Gasteiger partial charge in [-0.2, -0.15) is 8.78 Å². The third-order valence-corrected chi connectivity index (χ3v) is 5.67. The van der Waals surface area contributed by atoms with Crippen molar-refractivity contribution in [3.63, 3.8) is 0 Å². The summed E-state index contributed by atoms with van der Waals surface area (Å²) in [6.07, 6.45) is 4.10. The first-order valence-electron chi connectivity index (χ1n) is 9.48. The van der Waals surface area contributed by atoms with Crippen LogP contribution in [0.3, 0.4) is 0 Å². The normalized spacial score (nSPS) is 13.8. The first-order valence-corrected chi connectivity index (χ1v) is 9.48. The molecule has 140 valence electrons. The van der Waals surface area contributed by atoms with Gasteiger partial charge < -0.3 is 4.74 Å². The zero-order chi connectivity index (χ0) is 19.5. The van der Waals surface area contributed by atoms with E-state index in [4.69, 9.17) is 0 Å². The number of hydrogen-bond acceptors (Lipinski definition) is 2. The van der Waals surface area contributed by atoms with Gasteiger partial charge in [0.2, 0.25) is 0 Å². The molecular formula is C24H18F2O2. The molecule has 1 aliphatic carbocycles. The third kappa shape index (κ3) is 2.21. The molecule has 0 radical (unpaired) electrons. The van der Waals surface area contributed by atoms with E-state index in [0.717, 1.165) is 39.6 Å². The summed E-state index contributed by atoms with van der Waals surface area (Å²) in [6.45, 7) is 1.44. The summed E-state index contributed by atoms with van der Waals surface area (Å²) < 4.78 is 34.5. The predicted octanol–water partition coefficient (Wildman–Crippen LogP) is 5.25. The lowest BCUT2D eigenvalue weighted by Gasteiger charge is -2.21. The molecule has 4 aromatic rings. The zero-order valence-electron chi connectivity index (χ0n) is 15.4. The van der Waals surface area contributed by atoms with E-state index < -0.39 is 11.9 Å². The van der Waals surface area contributed by atoms with Crippen molar-refractivity contribution in [3.05, 3.63) is 64.9 Å². The smallest absolute Gasteiger partial charge is 0.382 e. The van der Waals surface area contributed by atoms with Crippen molar-refractivity contribution in [2.45, 2.75) is 25.7 Å². The van der Waals surface area contributed by atoms with Gasteiger partial charge in [-0.15, -0.1) is 0 Å². The summed E-state index contributed by atoms with van der Waals surface area (Å²) >= 11 is 0. The number of esters is 1. The molecule has 0 heterocycles. The van der Waals surface area contributed by atoms with Crippen LogP contribution in [0.2, 0.25) is 0 Å². The highest BCUT2D eigenvalue weighted by Gasteiger charge is 2.44. The van der Waals surface area contributed by atoms with E-state index in [1.165, 1.54) is 23.9 Å². The van der Waals surface area contributed by atoms with Gasteiger partial charge in [-0.25, -0.2) is 4.79 Å². The highest BCUT2D eigenvalue weighted by molar-refractivity contribution is 6.23. The monoisotopic (exact) mass is 376 g/mol. The van der Waals surface area contributed by atoms with E-state index in [-0.39, 0.29) is 12.2 Å². The van der Waals surface area contributed by atoms with Gasteiger partial charge in [0.25, 0.3) is 0 Å². The molecule has 0 saturated heterocycles. The van der Waals surface area contributed by atoms with Crippen LogP contribution in [0, 0.1) is 0 Å². The molecule has 0 N–H and O–H groups in total. The number of ether oxygens (including phenoxy) is 1. The van der Waals surface area contributed by atoms with Gasteiger partial charge >= 0.3 is 11.9 Å². The fourth-order valence-corrected chi connectivity index (χ4v) is 4.53. The summed E-state index contributed by atoms with van der Waals surface area (Å²) in [6, 6.07) is 14.7. The van der Waals surface area contributed by atoms with E-state index in [1.54, 1.807) is 18.2 Å². The number of halogens is 2. The second kappa shape index (κ2) is 5.99. The Hall–Kier alpha value is -3.01. The minimum absolute atomic E-state index is 0.0846. The van der Waals surface area contributed by atoms with Crippen molar-refractivity contribution < 1.29 is 18.3 Å². The molecule has 5 rings (SSSR count). The fourth-order valence-electron chi connectivity index (χ4n) is 4.53. The van der Waals surface area contributed by atoms with Crippen molar-refractivity contribution in [1.82, 2.24) is 0 Å². The molecule has 28 heavy (non-hydrogen) atoms. The minimum atomic E-state index is -3.70. The largest absolute Gasteiger partial charge is 0.461 e. The van der Waals surface area contributed by atoms with Crippen LogP contribution in [-0.2, 0) is 21.9 Å². The van der Waals surface area contributed by atoms with Crippen molar-refractivity contribution >= 4 is 44.4 Å². The van der Waals surface area contributed by atoms with Crippen LogP contribution in [0.25, 0.3) is 38.4 Å². The predicted molar refractivity (Wildman–Crippen MR) is 107 cm³/mol. The van der Waals surface area contributed by atoms with Gasteiger partial charge in [0.1, 0.15) is 0 Å². The molecular weight excluding hydrogens is 358 g/mol. The zero-order valence-corrected chi connectivity index (χ0v) is 15.4. The molecule has 4 aromatic carbocycles. The molecule has 0 aliphatic heterocycles. The summed E-state index contributed by atoms with van der Waals surface area (Å²) in [5.41, 5.74) is 0.987. The molecule has 4 heteroatoms. The lowest BCUT2D eigenvalue weighted by atomic mass is 9.85. The lowest BCUT2D eigenvalue weighted by molar-refractivity contribution is -0.172. The van der Waals surface area contributed by atoms with Gasteiger partial charge in [0.05, 0.1) is 6.61 Å². The van der Waals surface area contributed by atoms with E-state index in [9.17, 15) is 13.6 Å². The number of alkyl halides is 2. The minimum Gasteiger partial charge on any atom is -0.461 e. The maximum Gasteiger partial charge on any atom is 0.382 e. The number of aryl methyl sites for hydroxylation is 1. The number of carbonyl (C=O) groups excluding carboxylic acids is 1. The maximum atomic E-state index is 14.9. The molecule has 2 nitrogen and oxygen atoms in total. The second-order valence-corrected chi connectivity index (χ2v) is 7.18. The SMILES string of the molecule is CCOC(=O)C(F)(F)c1ccc2c3c4c(cccc4c4cccc1c24)CCC=3. The molecule has 0 spiro atoms. The van der Waals surface area contributed by atoms with Gasteiger partial charge in [-0.05, 0) is 62.9 Å². The highest BCUT2D eigenvalue weighted by atomic mass is 19.3. The van der Waals surface area contributed by atoms with Gasteiger partial charge in [-0.1, -0.05) is 54.6 Å². The van der Waals surface area contributed by atoms with Gasteiger partial charge in [-0.3, -0.25) is 0 Å². The molecule has 1 aliphatic rings. The third-order valence-electron chi connectivity index (χ3n) is 5.67. The Morgan fingerprint density at radius 3 is 2.46 bits per heavy atom.